The monoisotopic (exact) mass is 214 g/mol. The molecule has 0 aliphatic carbocycles. The first-order valence-corrected chi connectivity index (χ1v) is 3.92. The summed E-state index contributed by atoms with van der Waals surface area (Å²) in [6, 6.07) is 10.3. The molecule has 5 heteroatoms. The van der Waals surface area contributed by atoms with Gasteiger partial charge in [-0.15, -0.1) is 0 Å². The number of halogens is 1. The van der Waals surface area contributed by atoms with Gasteiger partial charge in [-0.3, -0.25) is 4.79 Å². The number of nitrogens with two attached hydrogens (primary N) is 1. The van der Waals surface area contributed by atoms with Crippen molar-refractivity contribution in [3.05, 3.63) is 35.9 Å². The Bertz CT molecular complexity index is 278. The van der Waals surface area contributed by atoms with E-state index >= 15 is 0 Å². The lowest BCUT2D eigenvalue weighted by Gasteiger charge is -1.82. The van der Waals surface area contributed by atoms with Crippen LogP contribution in [0.1, 0.15) is 5.56 Å². The normalized spacial score (nSPS) is 6.71. The minimum absolute atomic E-state index is 0.750. The van der Waals surface area contributed by atoms with Crippen LogP contribution in [0.2, 0.25) is 0 Å². The fourth-order valence-corrected chi connectivity index (χ4v) is 0.534. The van der Waals surface area contributed by atoms with Gasteiger partial charge in [-0.25, -0.2) is 10.2 Å². The Morgan fingerprint density at radius 3 is 1.86 bits per heavy atom. The molecule has 0 radical (unpaired) electrons. The van der Waals surface area contributed by atoms with E-state index in [4.69, 9.17) is 15.0 Å². The van der Waals surface area contributed by atoms with Crippen molar-refractivity contribution >= 4 is 23.0 Å². The molecular formula is C9H11ClN2O2. The third kappa shape index (κ3) is 22.4. The molecule has 0 bridgehead atoms. The zero-order valence-electron chi connectivity index (χ0n) is 7.66. The first kappa shape index (κ1) is 14.9. The number of benzene rings is 1. The molecule has 0 saturated heterocycles. The van der Waals surface area contributed by atoms with Crippen molar-refractivity contribution in [1.29, 1.82) is 5.41 Å². The summed E-state index contributed by atoms with van der Waals surface area (Å²) >= 11 is 4.41. The zero-order valence-corrected chi connectivity index (χ0v) is 8.41. The zero-order chi connectivity index (χ0) is 11.4. The Kier molecular flexibility index (Phi) is 12.1. The Morgan fingerprint density at radius 1 is 1.43 bits per heavy atom. The number of amides is 1. The summed E-state index contributed by atoms with van der Waals surface area (Å²) < 4.78 is 0. The molecule has 0 aliphatic rings. The van der Waals surface area contributed by atoms with E-state index in [9.17, 15) is 0 Å². The molecule has 0 unspecified atom stereocenters. The maximum Gasteiger partial charge on any atom is 0.311 e. The molecule has 4 nitrogen and oxygen atoms in total. The quantitative estimate of drug-likeness (QED) is 0.300. The van der Waals surface area contributed by atoms with Gasteiger partial charge in [0.05, 0.1) is 0 Å². The van der Waals surface area contributed by atoms with E-state index < -0.39 is 5.37 Å². The Hall–Kier alpha value is -1.64. The van der Waals surface area contributed by atoms with Gasteiger partial charge in [0.15, 0.2) is 0 Å². The highest BCUT2D eigenvalue weighted by atomic mass is 35.5. The summed E-state index contributed by atoms with van der Waals surface area (Å²) in [6.07, 6.45) is 0.750. The average molecular weight is 215 g/mol. The Labute approximate surface area is 87.2 Å². The molecule has 0 heterocycles. The van der Waals surface area contributed by atoms with Crippen molar-refractivity contribution in [3.8, 4) is 0 Å². The summed E-state index contributed by atoms with van der Waals surface area (Å²) in [4.78, 5) is 17.3. The van der Waals surface area contributed by atoms with Gasteiger partial charge in [0, 0.05) is 0 Å². The molecule has 0 fully saturated rings. The lowest BCUT2D eigenvalue weighted by molar-refractivity contribution is 0.266. The van der Waals surface area contributed by atoms with Crippen LogP contribution in [0.5, 0.6) is 0 Å². The van der Waals surface area contributed by atoms with Gasteiger partial charge >= 0.3 is 5.37 Å². The molecule has 1 amide bonds. The van der Waals surface area contributed by atoms with Crippen molar-refractivity contribution in [2.45, 2.75) is 6.92 Å². The van der Waals surface area contributed by atoms with E-state index in [1.165, 1.54) is 5.56 Å². The Morgan fingerprint density at radius 2 is 1.71 bits per heavy atom. The molecule has 0 saturated carbocycles. The third-order valence-electron chi connectivity index (χ3n) is 0.940. The number of nitrogens with one attached hydrogen (secondary N) is 1. The second-order valence-electron chi connectivity index (χ2n) is 2.06. The molecule has 0 atom stereocenters. The van der Waals surface area contributed by atoms with E-state index in [1.807, 2.05) is 18.2 Å². The van der Waals surface area contributed by atoms with E-state index in [0.717, 1.165) is 6.08 Å². The van der Waals surface area contributed by atoms with Crippen molar-refractivity contribution in [2.75, 3.05) is 0 Å². The van der Waals surface area contributed by atoms with Gasteiger partial charge in [0.1, 0.15) is 0 Å². The van der Waals surface area contributed by atoms with Crippen LogP contribution >= 0.6 is 11.6 Å². The van der Waals surface area contributed by atoms with Gasteiger partial charge in [0.2, 0.25) is 6.08 Å². The minimum Gasteiger partial charge on any atom is -0.356 e. The summed E-state index contributed by atoms with van der Waals surface area (Å²) in [7, 11) is 0. The number of carbonyl (C=O) groups excluding carboxylic acids is 2. The molecule has 0 aliphatic heterocycles. The van der Waals surface area contributed by atoms with E-state index in [0.29, 0.717) is 0 Å². The first-order valence-electron chi connectivity index (χ1n) is 3.55. The van der Waals surface area contributed by atoms with Crippen LogP contribution in [0.25, 0.3) is 0 Å². The van der Waals surface area contributed by atoms with E-state index in [2.05, 4.69) is 36.4 Å². The third-order valence-corrected chi connectivity index (χ3v) is 0.940. The molecule has 0 spiro atoms. The Balaban J connectivity index is 0. The van der Waals surface area contributed by atoms with Crippen molar-refractivity contribution in [3.63, 3.8) is 0 Å². The highest BCUT2D eigenvalue weighted by Gasteiger charge is 1.72. The van der Waals surface area contributed by atoms with Crippen LogP contribution in [0.15, 0.2) is 30.3 Å². The second-order valence-corrected chi connectivity index (χ2v) is 2.43. The van der Waals surface area contributed by atoms with Crippen molar-refractivity contribution < 1.29 is 9.59 Å². The molecule has 1 aromatic rings. The highest BCUT2D eigenvalue weighted by Crippen LogP contribution is 1.92. The summed E-state index contributed by atoms with van der Waals surface area (Å²) in [6.45, 7) is 2.08. The van der Waals surface area contributed by atoms with Gasteiger partial charge in [-0.2, -0.15) is 0 Å². The molecule has 3 N–H and O–H groups in total. The predicted molar refractivity (Wildman–Crippen MR) is 55.0 cm³/mol. The maximum atomic E-state index is 8.99. The average Bonchev–Trinajstić information content (AvgIpc) is 2.05. The van der Waals surface area contributed by atoms with Crippen molar-refractivity contribution in [1.82, 2.24) is 0 Å². The SMILES string of the molecule is Cc1ccccc1.N=C=O.NC(=O)Cl. The fraction of sp³-hybridized carbons (Fsp3) is 0.111. The number of hydrogen-bond donors (Lipinski definition) is 2. The molecule has 1 rings (SSSR count). The number of aryl methyl sites for hydroxylation is 1. The smallest absolute Gasteiger partial charge is 0.311 e. The number of primary amides is 1. The molecule has 0 aromatic heterocycles. The molecule has 14 heavy (non-hydrogen) atoms. The largest absolute Gasteiger partial charge is 0.356 e. The van der Waals surface area contributed by atoms with Gasteiger partial charge in [-0.05, 0) is 18.5 Å². The molecule has 76 valence electrons. The molecule has 1 aromatic carbocycles. The predicted octanol–water partition coefficient (Wildman–Crippen LogP) is 2.20. The van der Waals surface area contributed by atoms with Gasteiger partial charge in [0.25, 0.3) is 0 Å². The van der Waals surface area contributed by atoms with Crippen LogP contribution < -0.4 is 5.73 Å². The number of isocyanates is 1. The van der Waals surface area contributed by atoms with Crippen molar-refractivity contribution in [2.24, 2.45) is 5.73 Å². The number of carbonyl (C=O) groups is 1. The lowest BCUT2D eigenvalue weighted by atomic mass is 10.2. The van der Waals surface area contributed by atoms with Crippen LogP contribution in [-0.2, 0) is 4.79 Å². The second kappa shape index (κ2) is 11.4. The maximum absolute atomic E-state index is 8.99. The number of rotatable bonds is 0. The lowest BCUT2D eigenvalue weighted by Crippen LogP contribution is -1.94. The summed E-state index contributed by atoms with van der Waals surface area (Å²) in [5.74, 6) is 0. The minimum atomic E-state index is -0.861. The van der Waals surface area contributed by atoms with E-state index in [1.54, 1.807) is 0 Å². The van der Waals surface area contributed by atoms with Crippen LogP contribution in [0, 0.1) is 12.3 Å². The molecular weight excluding hydrogens is 204 g/mol. The highest BCUT2D eigenvalue weighted by molar-refractivity contribution is 6.62. The first-order chi connectivity index (χ1) is 6.54. The number of hydrogen-bond acceptors (Lipinski definition) is 3. The van der Waals surface area contributed by atoms with E-state index in [-0.39, 0.29) is 0 Å². The van der Waals surface area contributed by atoms with Crippen LogP contribution in [0.3, 0.4) is 0 Å². The topological polar surface area (TPSA) is 84.0 Å². The fourth-order valence-electron chi connectivity index (χ4n) is 0.534. The summed E-state index contributed by atoms with van der Waals surface area (Å²) in [5.41, 5.74) is 5.56. The van der Waals surface area contributed by atoms with Gasteiger partial charge < -0.3 is 5.73 Å². The van der Waals surface area contributed by atoms with Crippen LogP contribution in [-0.4, -0.2) is 11.4 Å². The van der Waals surface area contributed by atoms with Crippen LogP contribution in [0.4, 0.5) is 4.79 Å². The summed E-state index contributed by atoms with van der Waals surface area (Å²) in [5, 5.41) is 4.54. The standard InChI is InChI=1S/C7H8.CH2ClNO.CHNO/c1-7-5-3-2-4-6-7;2-1(3)4;2-1-3/h2-6H,1H3;(H2,3,4);2H. The van der Waals surface area contributed by atoms with Gasteiger partial charge in [-0.1, -0.05) is 35.9 Å².